The molecule has 11 heteroatoms. The Hall–Kier alpha value is -4.80. The van der Waals surface area contributed by atoms with Gasteiger partial charge in [0.2, 0.25) is 0 Å². The number of halogens is 1. The van der Waals surface area contributed by atoms with E-state index in [1.807, 2.05) is 13.1 Å². The molecule has 0 spiro atoms. The molecule has 0 saturated heterocycles. The Kier molecular flexibility index (Phi) is 6.03. The van der Waals surface area contributed by atoms with E-state index in [1.54, 1.807) is 65.5 Å². The van der Waals surface area contributed by atoms with Gasteiger partial charge in [-0.2, -0.15) is 10.2 Å². The second-order valence-corrected chi connectivity index (χ2v) is 8.17. The van der Waals surface area contributed by atoms with E-state index >= 15 is 0 Å². The Bertz CT molecular complexity index is 1560. The van der Waals surface area contributed by atoms with Gasteiger partial charge in [0.25, 0.3) is 5.91 Å². The van der Waals surface area contributed by atoms with Crippen molar-refractivity contribution in [3.05, 3.63) is 89.9 Å². The Morgan fingerprint density at radius 3 is 2.61 bits per heavy atom. The summed E-state index contributed by atoms with van der Waals surface area (Å²) in [6.45, 7) is 0. The number of nitrogens with one attached hydrogen (secondary N) is 2. The van der Waals surface area contributed by atoms with Gasteiger partial charge in [-0.25, -0.2) is 14.4 Å². The summed E-state index contributed by atoms with van der Waals surface area (Å²) < 4.78 is 22.8. The number of hydrogen-bond donors (Lipinski definition) is 2. The summed E-state index contributed by atoms with van der Waals surface area (Å²) in [4.78, 5) is 22.2. The molecule has 0 aliphatic rings. The van der Waals surface area contributed by atoms with Gasteiger partial charge in [-0.3, -0.25) is 14.2 Å². The molecular formula is C25H23FN8O2. The first-order valence-electron chi connectivity index (χ1n) is 11.1. The molecule has 0 saturated carbocycles. The highest BCUT2D eigenvalue weighted by Gasteiger charge is 2.22. The van der Waals surface area contributed by atoms with Crippen molar-refractivity contribution in [2.45, 2.75) is 6.04 Å². The summed E-state index contributed by atoms with van der Waals surface area (Å²) >= 11 is 0. The number of carbonyl (C=O) groups is 1. The number of methoxy groups -OCH3 is 1. The molecule has 5 aromatic rings. The zero-order valence-corrected chi connectivity index (χ0v) is 19.8. The van der Waals surface area contributed by atoms with Crippen LogP contribution in [0.15, 0.2) is 67.3 Å². The largest absolute Gasteiger partial charge is 0.494 e. The summed E-state index contributed by atoms with van der Waals surface area (Å²) in [5.41, 5.74) is 2.05. The highest BCUT2D eigenvalue weighted by atomic mass is 19.1. The molecule has 4 heterocycles. The quantitative estimate of drug-likeness (QED) is 0.362. The average Bonchev–Trinajstić information content (AvgIpc) is 3.49. The van der Waals surface area contributed by atoms with Crippen LogP contribution in [-0.4, -0.2) is 42.5 Å². The topological polar surface area (TPSA) is 112 Å². The summed E-state index contributed by atoms with van der Waals surface area (Å²) in [6.07, 6.45) is 6.75. The lowest BCUT2D eigenvalue weighted by Gasteiger charge is -2.19. The Morgan fingerprint density at radius 2 is 1.92 bits per heavy atom. The molecule has 5 rings (SSSR count). The normalized spacial score (nSPS) is 11.9. The lowest BCUT2D eigenvalue weighted by atomic mass is 10.0. The lowest BCUT2D eigenvalue weighted by Crippen LogP contribution is -2.30. The third kappa shape index (κ3) is 4.58. The van der Waals surface area contributed by atoms with Crippen LogP contribution in [-0.2, 0) is 14.1 Å². The smallest absolute Gasteiger partial charge is 0.270 e. The first kappa shape index (κ1) is 23.0. The predicted molar refractivity (Wildman–Crippen MR) is 131 cm³/mol. The highest BCUT2D eigenvalue weighted by molar-refractivity contribution is 5.95. The number of anilines is 2. The Morgan fingerprint density at radius 1 is 1.06 bits per heavy atom. The molecule has 1 amide bonds. The Balaban J connectivity index is 1.44. The highest BCUT2D eigenvalue weighted by Crippen LogP contribution is 2.27. The molecule has 0 aliphatic heterocycles. The molecule has 2 N–H and O–H groups in total. The maximum absolute atomic E-state index is 14.5. The van der Waals surface area contributed by atoms with Gasteiger partial charge in [0.05, 0.1) is 31.1 Å². The van der Waals surface area contributed by atoms with Gasteiger partial charge >= 0.3 is 0 Å². The maximum atomic E-state index is 14.5. The number of nitrogens with zero attached hydrogens (tertiary/aromatic N) is 6. The fraction of sp³-hybridized carbons (Fsp3) is 0.160. The number of benzene rings is 1. The molecule has 36 heavy (non-hydrogen) atoms. The molecule has 1 atom stereocenters. The fourth-order valence-electron chi connectivity index (χ4n) is 3.85. The number of hydrogen-bond acceptors (Lipinski definition) is 7. The van der Waals surface area contributed by atoms with Crippen LogP contribution >= 0.6 is 0 Å². The second kappa shape index (κ2) is 9.45. The first-order chi connectivity index (χ1) is 17.4. The lowest BCUT2D eigenvalue weighted by molar-refractivity contribution is 0.0938. The molecule has 0 fully saturated rings. The fourth-order valence-corrected chi connectivity index (χ4v) is 3.85. The van der Waals surface area contributed by atoms with Crippen LogP contribution in [0.25, 0.3) is 10.9 Å². The van der Waals surface area contributed by atoms with E-state index in [9.17, 15) is 9.18 Å². The molecular weight excluding hydrogens is 463 g/mol. The third-order valence-corrected chi connectivity index (χ3v) is 5.73. The van der Waals surface area contributed by atoms with Gasteiger partial charge in [0, 0.05) is 49.6 Å². The molecule has 10 nitrogen and oxygen atoms in total. The number of amides is 1. The zero-order valence-electron chi connectivity index (χ0n) is 19.8. The van der Waals surface area contributed by atoms with Crippen LogP contribution in [0, 0.1) is 5.82 Å². The first-order valence-corrected chi connectivity index (χ1v) is 11.1. The van der Waals surface area contributed by atoms with Gasteiger partial charge in [0.15, 0.2) is 11.6 Å². The van der Waals surface area contributed by atoms with Crippen LogP contribution < -0.4 is 15.4 Å². The van der Waals surface area contributed by atoms with Crippen LogP contribution in [0.5, 0.6) is 5.75 Å². The molecule has 182 valence electrons. The van der Waals surface area contributed by atoms with Crippen molar-refractivity contribution in [3.63, 3.8) is 0 Å². The summed E-state index contributed by atoms with van der Waals surface area (Å²) in [5.74, 6) is 0.512. The molecule has 1 aromatic carbocycles. The van der Waals surface area contributed by atoms with Crippen LogP contribution in [0.1, 0.15) is 27.7 Å². The summed E-state index contributed by atoms with van der Waals surface area (Å²) in [6, 6.07) is 10.9. The maximum Gasteiger partial charge on any atom is 0.270 e. The monoisotopic (exact) mass is 486 g/mol. The van der Waals surface area contributed by atoms with Gasteiger partial charge in [-0.05, 0) is 29.8 Å². The second-order valence-electron chi connectivity index (χ2n) is 8.17. The van der Waals surface area contributed by atoms with Gasteiger partial charge in [-0.15, -0.1) is 0 Å². The Labute approximate surface area is 205 Å². The molecule has 0 unspecified atom stereocenters. The van der Waals surface area contributed by atoms with Crippen molar-refractivity contribution in [2.75, 3.05) is 12.4 Å². The van der Waals surface area contributed by atoms with Crippen molar-refractivity contribution in [3.8, 4) is 5.75 Å². The minimum absolute atomic E-state index is 0.121. The van der Waals surface area contributed by atoms with E-state index in [0.29, 0.717) is 22.5 Å². The van der Waals surface area contributed by atoms with Crippen molar-refractivity contribution < 1.29 is 13.9 Å². The standard InChI is InChI=1S/C25H23FN8O2/c1-33-14-17(13-29-33)24(15-5-7-21(36-3)18(26)10-15)32-25(35)19-6-4-16-12-27-22(11-20(16)30-19)31-23-8-9-28-34(23)2/h4-14,24H,1-3H3,(H,27,31)(H,32,35)/t24-/m0/s1. The van der Waals surface area contributed by atoms with Crippen LogP contribution in [0.2, 0.25) is 0 Å². The third-order valence-electron chi connectivity index (χ3n) is 5.73. The minimum atomic E-state index is -0.649. The van der Waals surface area contributed by atoms with Crippen LogP contribution in [0.4, 0.5) is 16.0 Å². The van der Waals surface area contributed by atoms with E-state index in [0.717, 1.165) is 11.2 Å². The van der Waals surface area contributed by atoms with Crippen molar-refractivity contribution >= 4 is 28.4 Å². The van der Waals surface area contributed by atoms with Crippen molar-refractivity contribution in [1.29, 1.82) is 0 Å². The number of fused-ring (bicyclic) bond motifs is 1. The average molecular weight is 487 g/mol. The van der Waals surface area contributed by atoms with E-state index in [4.69, 9.17) is 4.74 Å². The SMILES string of the molecule is COc1ccc([C@H](NC(=O)c2ccc3cnc(Nc4ccnn4C)cc3n2)c2cnn(C)c2)cc1F. The van der Waals surface area contributed by atoms with Crippen LogP contribution in [0.3, 0.4) is 0 Å². The van der Waals surface area contributed by atoms with E-state index in [-0.39, 0.29) is 11.4 Å². The molecule has 0 radical (unpaired) electrons. The molecule has 0 bridgehead atoms. The van der Waals surface area contributed by atoms with E-state index in [1.165, 1.54) is 19.2 Å². The summed E-state index contributed by atoms with van der Waals surface area (Å²) in [5, 5.41) is 15.2. The minimum Gasteiger partial charge on any atom is -0.494 e. The van der Waals surface area contributed by atoms with Gasteiger partial charge in [-0.1, -0.05) is 6.07 Å². The number of rotatable bonds is 7. The van der Waals surface area contributed by atoms with E-state index < -0.39 is 17.8 Å². The van der Waals surface area contributed by atoms with Crippen molar-refractivity contribution in [1.82, 2.24) is 34.8 Å². The molecule has 0 aliphatic carbocycles. The number of aromatic nitrogens is 6. The van der Waals surface area contributed by atoms with Gasteiger partial charge < -0.3 is 15.4 Å². The molecule has 4 aromatic heterocycles. The number of aryl methyl sites for hydroxylation is 2. The van der Waals surface area contributed by atoms with E-state index in [2.05, 4.69) is 30.8 Å². The van der Waals surface area contributed by atoms with Crippen molar-refractivity contribution in [2.24, 2.45) is 14.1 Å². The summed E-state index contributed by atoms with van der Waals surface area (Å²) in [7, 11) is 4.99. The number of ether oxygens (including phenoxy) is 1. The number of carbonyl (C=O) groups excluding carboxylic acids is 1. The predicted octanol–water partition coefficient (Wildman–Crippen LogP) is 3.51. The zero-order chi connectivity index (χ0) is 25.2. The number of pyridine rings is 2. The van der Waals surface area contributed by atoms with Gasteiger partial charge in [0.1, 0.15) is 17.3 Å².